The van der Waals surface area contributed by atoms with Crippen molar-refractivity contribution in [1.82, 2.24) is 14.9 Å². The summed E-state index contributed by atoms with van der Waals surface area (Å²) in [7, 11) is 0. The third-order valence-electron chi connectivity index (χ3n) is 1.67. The smallest absolute Gasteiger partial charge is 0.271 e. The average Bonchev–Trinajstić information content (AvgIpc) is 2.63. The van der Waals surface area contributed by atoms with Crippen molar-refractivity contribution in [2.24, 2.45) is 5.73 Å². The summed E-state index contributed by atoms with van der Waals surface area (Å²) in [6.45, 7) is 0.298. The maximum Gasteiger partial charge on any atom is 0.271 e. The summed E-state index contributed by atoms with van der Waals surface area (Å²) < 4.78 is 25.2. The van der Waals surface area contributed by atoms with Crippen LogP contribution in [0.5, 0.6) is 0 Å². The van der Waals surface area contributed by atoms with E-state index in [9.17, 15) is 13.6 Å². The molecule has 1 aromatic heterocycles. The first-order valence-corrected chi connectivity index (χ1v) is 4.41. The molecular formula is C8H12F2N4O. The summed E-state index contributed by atoms with van der Waals surface area (Å²) in [4.78, 5) is 15.0. The highest BCUT2D eigenvalue weighted by Gasteiger charge is 2.11. The highest BCUT2D eigenvalue weighted by atomic mass is 19.3. The van der Waals surface area contributed by atoms with Crippen molar-refractivity contribution in [2.45, 2.75) is 13.0 Å². The number of amides is 1. The number of alkyl halides is 2. The molecule has 0 saturated heterocycles. The van der Waals surface area contributed by atoms with Gasteiger partial charge >= 0.3 is 0 Å². The summed E-state index contributed by atoms with van der Waals surface area (Å²) in [5, 5.41) is 2.06. The Hall–Kier alpha value is -1.50. The SMILES string of the molecule is NCCn1cnc(C(=O)NCC(F)F)c1. The van der Waals surface area contributed by atoms with E-state index in [2.05, 4.69) is 10.3 Å². The second-order valence-corrected chi connectivity index (χ2v) is 2.89. The zero-order valence-electron chi connectivity index (χ0n) is 7.99. The lowest BCUT2D eigenvalue weighted by molar-refractivity contribution is 0.0887. The van der Waals surface area contributed by atoms with E-state index in [-0.39, 0.29) is 5.69 Å². The van der Waals surface area contributed by atoms with Crippen LogP contribution in [0.2, 0.25) is 0 Å². The van der Waals surface area contributed by atoms with Gasteiger partial charge in [-0.2, -0.15) is 0 Å². The van der Waals surface area contributed by atoms with Crippen LogP contribution in [0.25, 0.3) is 0 Å². The fraction of sp³-hybridized carbons (Fsp3) is 0.500. The molecule has 0 saturated carbocycles. The normalized spacial score (nSPS) is 10.7. The Balaban J connectivity index is 2.50. The number of aromatic nitrogens is 2. The number of nitrogens with two attached hydrogens (primary N) is 1. The minimum absolute atomic E-state index is 0.115. The van der Waals surface area contributed by atoms with E-state index in [0.717, 1.165) is 0 Å². The summed E-state index contributed by atoms with van der Waals surface area (Å²) in [5.74, 6) is -0.605. The Kier molecular flexibility index (Phi) is 4.17. The fourth-order valence-electron chi connectivity index (χ4n) is 1.01. The van der Waals surface area contributed by atoms with E-state index in [1.807, 2.05) is 0 Å². The summed E-state index contributed by atoms with van der Waals surface area (Å²) in [6.07, 6.45) is 0.345. The molecule has 0 unspecified atom stereocenters. The Labute approximate surface area is 85.3 Å². The van der Waals surface area contributed by atoms with Gasteiger partial charge < -0.3 is 15.6 Å². The van der Waals surface area contributed by atoms with Gasteiger partial charge in [-0.1, -0.05) is 0 Å². The zero-order chi connectivity index (χ0) is 11.3. The number of hydrogen-bond donors (Lipinski definition) is 2. The molecule has 1 aromatic rings. The van der Waals surface area contributed by atoms with Crippen LogP contribution in [0.3, 0.4) is 0 Å². The second kappa shape index (κ2) is 5.40. The molecule has 0 aliphatic heterocycles. The number of rotatable bonds is 5. The molecule has 1 heterocycles. The van der Waals surface area contributed by atoms with Crippen LogP contribution in [-0.4, -0.2) is 35.0 Å². The number of imidazole rings is 1. The molecule has 0 spiro atoms. The molecule has 1 amide bonds. The van der Waals surface area contributed by atoms with E-state index in [0.29, 0.717) is 13.1 Å². The van der Waals surface area contributed by atoms with Crippen molar-refractivity contribution in [3.8, 4) is 0 Å². The van der Waals surface area contributed by atoms with E-state index in [4.69, 9.17) is 5.73 Å². The molecule has 15 heavy (non-hydrogen) atoms. The monoisotopic (exact) mass is 218 g/mol. The van der Waals surface area contributed by atoms with Crippen LogP contribution in [0.1, 0.15) is 10.5 Å². The number of halogens is 2. The third kappa shape index (κ3) is 3.62. The number of carbonyl (C=O) groups is 1. The molecular weight excluding hydrogens is 206 g/mol. The summed E-state index contributed by atoms with van der Waals surface area (Å²) >= 11 is 0. The summed E-state index contributed by atoms with van der Waals surface area (Å²) in [5.41, 5.74) is 5.41. The van der Waals surface area contributed by atoms with Gasteiger partial charge in [0.2, 0.25) is 0 Å². The molecule has 0 radical (unpaired) electrons. The zero-order valence-corrected chi connectivity index (χ0v) is 7.99. The Morgan fingerprint density at radius 3 is 3.00 bits per heavy atom. The van der Waals surface area contributed by atoms with Gasteiger partial charge in [-0.05, 0) is 0 Å². The molecule has 0 fully saturated rings. The summed E-state index contributed by atoms with van der Waals surface area (Å²) in [6, 6.07) is 0. The second-order valence-electron chi connectivity index (χ2n) is 2.89. The topological polar surface area (TPSA) is 72.9 Å². The first-order chi connectivity index (χ1) is 7.13. The largest absolute Gasteiger partial charge is 0.345 e. The molecule has 1 rings (SSSR count). The fourth-order valence-corrected chi connectivity index (χ4v) is 1.01. The highest BCUT2D eigenvalue weighted by Crippen LogP contribution is 1.96. The van der Waals surface area contributed by atoms with Gasteiger partial charge in [-0.3, -0.25) is 4.79 Å². The molecule has 5 nitrogen and oxygen atoms in total. The van der Waals surface area contributed by atoms with Gasteiger partial charge in [0, 0.05) is 19.3 Å². The number of nitrogens with one attached hydrogen (secondary N) is 1. The van der Waals surface area contributed by atoms with Crippen molar-refractivity contribution < 1.29 is 13.6 Å². The van der Waals surface area contributed by atoms with Crippen LogP contribution in [0.4, 0.5) is 8.78 Å². The Morgan fingerprint density at radius 1 is 1.67 bits per heavy atom. The Morgan fingerprint density at radius 2 is 2.40 bits per heavy atom. The standard InChI is InChI=1S/C8H12F2N4O/c9-7(10)3-12-8(15)6-4-14(2-1-11)5-13-6/h4-5,7H,1-3,11H2,(H,12,15). The first-order valence-electron chi connectivity index (χ1n) is 4.41. The first kappa shape index (κ1) is 11.6. The molecule has 0 aliphatic rings. The molecule has 3 N–H and O–H groups in total. The third-order valence-corrected chi connectivity index (χ3v) is 1.67. The molecule has 84 valence electrons. The van der Waals surface area contributed by atoms with Gasteiger partial charge in [-0.25, -0.2) is 13.8 Å². The predicted octanol–water partition coefficient (Wildman–Crippen LogP) is -0.163. The van der Waals surface area contributed by atoms with Crippen molar-refractivity contribution in [3.63, 3.8) is 0 Å². The van der Waals surface area contributed by atoms with E-state index >= 15 is 0 Å². The van der Waals surface area contributed by atoms with Crippen molar-refractivity contribution >= 4 is 5.91 Å². The van der Waals surface area contributed by atoms with Gasteiger partial charge in [0.05, 0.1) is 12.9 Å². The van der Waals surface area contributed by atoms with Gasteiger partial charge in [0.1, 0.15) is 5.69 Å². The molecule has 0 aliphatic carbocycles. The number of nitrogens with zero attached hydrogens (tertiary/aromatic N) is 2. The lowest BCUT2D eigenvalue weighted by Crippen LogP contribution is -2.28. The highest BCUT2D eigenvalue weighted by molar-refractivity contribution is 5.91. The van der Waals surface area contributed by atoms with Crippen LogP contribution < -0.4 is 11.1 Å². The van der Waals surface area contributed by atoms with Crippen molar-refractivity contribution in [3.05, 3.63) is 18.2 Å². The van der Waals surface area contributed by atoms with Gasteiger partial charge in [-0.15, -0.1) is 0 Å². The van der Waals surface area contributed by atoms with Crippen LogP contribution in [0.15, 0.2) is 12.5 Å². The lowest BCUT2D eigenvalue weighted by atomic mass is 10.4. The lowest BCUT2D eigenvalue weighted by Gasteiger charge is -2.00. The maximum absolute atomic E-state index is 11.8. The van der Waals surface area contributed by atoms with Gasteiger partial charge in [0.15, 0.2) is 0 Å². The van der Waals surface area contributed by atoms with E-state index in [1.165, 1.54) is 12.5 Å². The van der Waals surface area contributed by atoms with Crippen LogP contribution in [0, 0.1) is 0 Å². The molecule has 0 bridgehead atoms. The van der Waals surface area contributed by atoms with E-state index < -0.39 is 18.9 Å². The number of hydrogen-bond acceptors (Lipinski definition) is 3. The minimum Gasteiger partial charge on any atom is -0.345 e. The minimum atomic E-state index is -2.56. The van der Waals surface area contributed by atoms with Crippen LogP contribution >= 0.6 is 0 Å². The molecule has 0 aromatic carbocycles. The maximum atomic E-state index is 11.8. The molecule has 0 atom stereocenters. The van der Waals surface area contributed by atoms with Crippen LogP contribution in [-0.2, 0) is 6.54 Å². The molecule has 7 heteroatoms. The Bertz CT molecular complexity index is 326. The van der Waals surface area contributed by atoms with E-state index in [1.54, 1.807) is 4.57 Å². The average molecular weight is 218 g/mol. The number of carbonyl (C=O) groups excluding carboxylic acids is 1. The van der Waals surface area contributed by atoms with Gasteiger partial charge in [0.25, 0.3) is 12.3 Å². The van der Waals surface area contributed by atoms with Crippen molar-refractivity contribution in [2.75, 3.05) is 13.1 Å². The quantitative estimate of drug-likeness (QED) is 0.721. The van der Waals surface area contributed by atoms with Crippen molar-refractivity contribution in [1.29, 1.82) is 0 Å². The predicted molar refractivity (Wildman–Crippen MR) is 49.6 cm³/mol.